The van der Waals surface area contributed by atoms with Crippen LogP contribution in [0.4, 0.5) is 0 Å². The van der Waals surface area contributed by atoms with Crippen molar-refractivity contribution < 1.29 is 14.7 Å². The molecule has 1 saturated carbocycles. The Morgan fingerprint density at radius 2 is 1.86 bits per heavy atom. The van der Waals surface area contributed by atoms with E-state index < -0.39 is 17.4 Å². The van der Waals surface area contributed by atoms with Crippen LogP contribution in [0.2, 0.25) is 5.02 Å². The molecule has 0 atom stereocenters. The first kappa shape index (κ1) is 15.6. The first-order chi connectivity index (χ1) is 10.0. The van der Waals surface area contributed by atoms with Crippen LogP contribution in [0.15, 0.2) is 30.3 Å². The molecule has 4 nitrogen and oxygen atoms in total. The van der Waals surface area contributed by atoms with Crippen molar-refractivity contribution in [1.82, 2.24) is 5.32 Å². The number of nitrogens with one attached hydrogen (secondary N) is 1. The molecule has 1 aliphatic carbocycles. The smallest absolute Gasteiger partial charge is 0.329 e. The van der Waals surface area contributed by atoms with Gasteiger partial charge in [0.05, 0.1) is 0 Å². The molecule has 0 heterocycles. The number of carbonyl (C=O) groups is 2. The molecule has 1 aliphatic rings. The van der Waals surface area contributed by atoms with Crippen LogP contribution in [-0.2, 0) is 9.59 Å². The predicted octanol–water partition coefficient (Wildman–Crippen LogP) is 3.26. The number of benzene rings is 1. The third-order valence-corrected chi connectivity index (χ3v) is 4.14. The summed E-state index contributed by atoms with van der Waals surface area (Å²) in [5.41, 5.74) is -0.400. The second-order valence-corrected chi connectivity index (χ2v) is 5.70. The summed E-state index contributed by atoms with van der Waals surface area (Å²) in [6.45, 7) is 0. The van der Waals surface area contributed by atoms with E-state index in [0.29, 0.717) is 17.9 Å². The largest absolute Gasteiger partial charge is 0.480 e. The van der Waals surface area contributed by atoms with E-state index in [1.807, 2.05) is 6.07 Å². The Morgan fingerprint density at radius 1 is 1.19 bits per heavy atom. The van der Waals surface area contributed by atoms with Crippen molar-refractivity contribution in [3.05, 3.63) is 40.9 Å². The molecule has 0 aromatic heterocycles. The van der Waals surface area contributed by atoms with Crippen molar-refractivity contribution in [2.45, 2.75) is 37.6 Å². The van der Waals surface area contributed by atoms with Crippen molar-refractivity contribution >= 4 is 29.6 Å². The Balaban J connectivity index is 2.06. The Bertz CT molecular complexity index is 562. The van der Waals surface area contributed by atoms with Crippen molar-refractivity contribution in [2.24, 2.45) is 0 Å². The van der Waals surface area contributed by atoms with Gasteiger partial charge in [-0.05, 0) is 30.5 Å². The van der Waals surface area contributed by atoms with Crippen LogP contribution in [0.5, 0.6) is 0 Å². The van der Waals surface area contributed by atoms with Gasteiger partial charge in [-0.2, -0.15) is 0 Å². The number of aliphatic carboxylic acids is 1. The fourth-order valence-electron chi connectivity index (χ4n) is 2.60. The summed E-state index contributed by atoms with van der Waals surface area (Å²) in [6, 6.07) is 7.16. The van der Waals surface area contributed by atoms with Gasteiger partial charge in [0.2, 0.25) is 5.91 Å². The van der Waals surface area contributed by atoms with Gasteiger partial charge < -0.3 is 10.4 Å². The van der Waals surface area contributed by atoms with Crippen LogP contribution in [0.1, 0.15) is 37.7 Å². The van der Waals surface area contributed by atoms with Gasteiger partial charge in [0, 0.05) is 11.1 Å². The van der Waals surface area contributed by atoms with E-state index >= 15 is 0 Å². The highest BCUT2D eigenvalue weighted by Gasteiger charge is 2.40. The molecule has 112 valence electrons. The lowest BCUT2D eigenvalue weighted by Crippen LogP contribution is -2.55. The molecule has 0 spiro atoms. The normalized spacial score (nSPS) is 17.6. The number of carbonyl (C=O) groups excluding carboxylic acids is 1. The first-order valence-electron chi connectivity index (χ1n) is 7.02. The van der Waals surface area contributed by atoms with Gasteiger partial charge in [0.25, 0.3) is 0 Å². The van der Waals surface area contributed by atoms with E-state index in [9.17, 15) is 14.7 Å². The highest BCUT2D eigenvalue weighted by molar-refractivity contribution is 6.32. The number of amides is 1. The number of hydrogen-bond acceptors (Lipinski definition) is 2. The fourth-order valence-corrected chi connectivity index (χ4v) is 2.80. The van der Waals surface area contributed by atoms with Gasteiger partial charge in [-0.1, -0.05) is 49.1 Å². The molecule has 21 heavy (non-hydrogen) atoms. The minimum Gasteiger partial charge on any atom is -0.480 e. The van der Waals surface area contributed by atoms with E-state index in [1.54, 1.807) is 24.3 Å². The SMILES string of the molecule is O=C(C=Cc1ccccc1Cl)NC1(C(=O)O)CCCCC1. The molecule has 2 N–H and O–H groups in total. The molecular formula is C16H18ClNO3. The molecule has 5 heteroatoms. The van der Waals surface area contributed by atoms with Crippen LogP contribution < -0.4 is 5.32 Å². The molecular weight excluding hydrogens is 290 g/mol. The van der Waals surface area contributed by atoms with E-state index in [-0.39, 0.29) is 0 Å². The molecule has 1 amide bonds. The minimum atomic E-state index is -1.12. The van der Waals surface area contributed by atoms with Crippen LogP contribution >= 0.6 is 11.6 Å². The third kappa shape index (κ3) is 3.85. The van der Waals surface area contributed by atoms with Gasteiger partial charge >= 0.3 is 5.97 Å². The van der Waals surface area contributed by atoms with Crippen LogP contribution in [0, 0.1) is 0 Å². The zero-order chi connectivity index (χ0) is 15.3. The average Bonchev–Trinajstić information content (AvgIpc) is 2.47. The van der Waals surface area contributed by atoms with Gasteiger partial charge in [-0.3, -0.25) is 4.79 Å². The number of carboxylic acid groups (broad SMARTS) is 1. The van der Waals surface area contributed by atoms with E-state index in [4.69, 9.17) is 11.6 Å². The summed E-state index contributed by atoms with van der Waals surface area (Å²) in [5, 5.41) is 12.6. The lowest BCUT2D eigenvalue weighted by atomic mass is 9.81. The highest BCUT2D eigenvalue weighted by Crippen LogP contribution is 2.28. The number of rotatable bonds is 4. The second kappa shape index (κ2) is 6.76. The number of carboxylic acids is 1. The zero-order valence-electron chi connectivity index (χ0n) is 11.6. The summed E-state index contributed by atoms with van der Waals surface area (Å²) >= 11 is 6.00. The Kier molecular flexibility index (Phi) is 5.02. The lowest BCUT2D eigenvalue weighted by molar-refractivity contribution is -0.148. The molecule has 0 saturated heterocycles. The topological polar surface area (TPSA) is 66.4 Å². The lowest BCUT2D eigenvalue weighted by Gasteiger charge is -2.33. The Labute approximate surface area is 128 Å². The van der Waals surface area contributed by atoms with E-state index in [2.05, 4.69) is 5.32 Å². The maximum absolute atomic E-state index is 12.0. The summed E-state index contributed by atoms with van der Waals surface area (Å²) in [4.78, 5) is 23.5. The number of halogens is 1. The van der Waals surface area contributed by atoms with Gasteiger partial charge in [0.1, 0.15) is 5.54 Å². The Hall–Kier alpha value is -1.81. The highest BCUT2D eigenvalue weighted by atomic mass is 35.5. The maximum atomic E-state index is 12.0. The maximum Gasteiger partial charge on any atom is 0.329 e. The molecule has 0 aliphatic heterocycles. The third-order valence-electron chi connectivity index (χ3n) is 3.80. The summed E-state index contributed by atoms with van der Waals surface area (Å²) < 4.78 is 0. The zero-order valence-corrected chi connectivity index (χ0v) is 12.4. The molecule has 0 bridgehead atoms. The van der Waals surface area contributed by atoms with Crippen molar-refractivity contribution in [3.8, 4) is 0 Å². The van der Waals surface area contributed by atoms with E-state index in [1.165, 1.54) is 6.08 Å². The minimum absolute atomic E-state index is 0.404. The van der Waals surface area contributed by atoms with Gasteiger partial charge in [-0.15, -0.1) is 0 Å². The predicted molar refractivity (Wildman–Crippen MR) is 82.1 cm³/mol. The first-order valence-corrected chi connectivity index (χ1v) is 7.39. The second-order valence-electron chi connectivity index (χ2n) is 5.29. The van der Waals surface area contributed by atoms with Crippen LogP contribution in [0.3, 0.4) is 0 Å². The molecule has 2 rings (SSSR count). The fraction of sp³-hybridized carbons (Fsp3) is 0.375. The van der Waals surface area contributed by atoms with Crippen molar-refractivity contribution in [1.29, 1.82) is 0 Å². The molecule has 1 fully saturated rings. The van der Waals surface area contributed by atoms with Crippen molar-refractivity contribution in [2.75, 3.05) is 0 Å². The summed E-state index contributed by atoms with van der Waals surface area (Å²) in [6.07, 6.45) is 6.54. The molecule has 0 radical (unpaired) electrons. The average molecular weight is 308 g/mol. The summed E-state index contributed by atoms with van der Waals surface area (Å²) in [7, 11) is 0. The van der Waals surface area contributed by atoms with Crippen LogP contribution in [0.25, 0.3) is 6.08 Å². The quantitative estimate of drug-likeness (QED) is 0.839. The molecule has 0 unspecified atom stereocenters. The monoisotopic (exact) mass is 307 g/mol. The van der Waals surface area contributed by atoms with Gasteiger partial charge in [-0.25, -0.2) is 4.79 Å². The van der Waals surface area contributed by atoms with E-state index in [0.717, 1.165) is 24.8 Å². The molecule has 1 aromatic carbocycles. The Morgan fingerprint density at radius 3 is 2.48 bits per heavy atom. The van der Waals surface area contributed by atoms with Gasteiger partial charge in [0.15, 0.2) is 0 Å². The summed E-state index contributed by atoms with van der Waals surface area (Å²) in [5.74, 6) is -1.36. The number of hydrogen-bond donors (Lipinski definition) is 2. The standard InChI is InChI=1S/C16H18ClNO3/c17-13-7-3-2-6-12(13)8-9-14(19)18-16(15(20)21)10-4-1-5-11-16/h2-3,6-9H,1,4-5,10-11H2,(H,18,19)(H,20,21). The van der Waals surface area contributed by atoms with Crippen LogP contribution in [-0.4, -0.2) is 22.5 Å². The molecule has 1 aromatic rings. The van der Waals surface area contributed by atoms with Crippen molar-refractivity contribution in [3.63, 3.8) is 0 Å².